The molecule has 1 N–H and O–H groups in total. The van der Waals surface area contributed by atoms with Crippen LogP contribution in [0.4, 0.5) is 5.69 Å². The molecule has 2 aromatic rings. The third-order valence-corrected chi connectivity index (χ3v) is 3.39. The lowest BCUT2D eigenvalue weighted by molar-refractivity contribution is 0.414. The van der Waals surface area contributed by atoms with Crippen LogP contribution in [0.2, 0.25) is 5.15 Å². The number of ether oxygens (including phenoxy) is 1. The molecule has 0 amide bonds. The van der Waals surface area contributed by atoms with Crippen LogP contribution in [0.15, 0.2) is 42.6 Å². The highest BCUT2D eigenvalue weighted by Gasteiger charge is 2.03. The van der Waals surface area contributed by atoms with Gasteiger partial charge in [-0.3, -0.25) is 0 Å². The van der Waals surface area contributed by atoms with Crippen LogP contribution in [0, 0.1) is 0 Å². The second-order valence-corrected chi connectivity index (χ2v) is 5.19. The lowest BCUT2D eigenvalue weighted by Gasteiger charge is -2.15. The van der Waals surface area contributed by atoms with Crippen molar-refractivity contribution in [3.05, 3.63) is 53.3 Å². The predicted octanol–water partition coefficient (Wildman–Crippen LogP) is 4.18. The summed E-state index contributed by atoms with van der Waals surface area (Å²) in [6.07, 6.45) is 3.83. The number of benzene rings is 1. The van der Waals surface area contributed by atoms with Gasteiger partial charge < -0.3 is 10.1 Å². The quantitative estimate of drug-likeness (QED) is 0.811. The first-order valence-electron chi connectivity index (χ1n) is 6.68. The van der Waals surface area contributed by atoms with Crippen LogP contribution in [0.3, 0.4) is 0 Å². The third kappa shape index (κ3) is 4.42. The van der Waals surface area contributed by atoms with E-state index in [2.05, 4.69) is 29.4 Å². The van der Waals surface area contributed by atoms with Gasteiger partial charge in [0.2, 0.25) is 0 Å². The van der Waals surface area contributed by atoms with Gasteiger partial charge in [-0.25, -0.2) is 4.98 Å². The number of anilines is 1. The van der Waals surface area contributed by atoms with Crippen LogP contribution in [0.25, 0.3) is 0 Å². The lowest BCUT2D eigenvalue weighted by atomic mass is 10.1. The number of nitrogens with one attached hydrogen (secondary N) is 1. The number of hydrogen-bond donors (Lipinski definition) is 1. The molecule has 2 rings (SSSR count). The highest BCUT2D eigenvalue weighted by molar-refractivity contribution is 6.29. The Balaban J connectivity index is 1.82. The fourth-order valence-electron chi connectivity index (χ4n) is 1.99. The van der Waals surface area contributed by atoms with Crippen molar-refractivity contribution in [3.8, 4) is 5.75 Å². The number of pyridine rings is 1. The monoisotopic (exact) mass is 290 g/mol. The minimum Gasteiger partial charge on any atom is -0.497 e. The van der Waals surface area contributed by atoms with Gasteiger partial charge in [0.05, 0.1) is 19.0 Å². The molecular weight excluding hydrogens is 272 g/mol. The average molecular weight is 291 g/mol. The van der Waals surface area contributed by atoms with Crippen molar-refractivity contribution < 1.29 is 4.74 Å². The first-order chi connectivity index (χ1) is 9.67. The van der Waals surface area contributed by atoms with Gasteiger partial charge in [0.15, 0.2) is 0 Å². The maximum Gasteiger partial charge on any atom is 0.129 e. The van der Waals surface area contributed by atoms with E-state index in [0.29, 0.717) is 11.2 Å². The highest BCUT2D eigenvalue weighted by atomic mass is 35.5. The van der Waals surface area contributed by atoms with Gasteiger partial charge in [-0.2, -0.15) is 0 Å². The topological polar surface area (TPSA) is 34.1 Å². The summed E-state index contributed by atoms with van der Waals surface area (Å²) >= 11 is 5.77. The Morgan fingerprint density at radius 1 is 1.20 bits per heavy atom. The Hall–Kier alpha value is -1.74. The summed E-state index contributed by atoms with van der Waals surface area (Å²) in [6, 6.07) is 12.3. The summed E-state index contributed by atoms with van der Waals surface area (Å²) in [5.74, 6) is 0.896. The Morgan fingerprint density at radius 3 is 2.55 bits per heavy atom. The summed E-state index contributed by atoms with van der Waals surface area (Å²) < 4.78 is 5.15. The van der Waals surface area contributed by atoms with Crippen LogP contribution < -0.4 is 10.1 Å². The standard InChI is InChI=1S/C16H19ClN2O/c1-12(19-14-7-10-16(17)18-11-14)3-4-13-5-8-15(20-2)9-6-13/h5-12,19H,3-4H2,1-2H3. The Labute approximate surface area is 124 Å². The summed E-state index contributed by atoms with van der Waals surface area (Å²) in [6.45, 7) is 2.16. The molecule has 1 unspecified atom stereocenters. The van der Waals surface area contributed by atoms with Crippen LogP contribution in [-0.2, 0) is 6.42 Å². The Bertz CT molecular complexity index is 525. The van der Waals surface area contributed by atoms with Crippen LogP contribution >= 0.6 is 11.6 Å². The van der Waals surface area contributed by atoms with Crippen LogP contribution in [0.1, 0.15) is 18.9 Å². The van der Waals surface area contributed by atoms with E-state index in [4.69, 9.17) is 16.3 Å². The summed E-state index contributed by atoms with van der Waals surface area (Å²) in [5.41, 5.74) is 2.31. The first-order valence-corrected chi connectivity index (χ1v) is 7.06. The molecule has 1 aromatic heterocycles. The predicted molar refractivity (Wildman–Crippen MR) is 83.6 cm³/mol. The molecule has 0 aliphatic heterocycles. The van der Waals surface area contributed by atoms with Gasteiger partial charge in [0.25, 0.3) is 0 Å². The van der Waals surface area contributed by atoms with Gasteiger partial charge in [0, 0.05) is 6.04 Å². The summed E-state index contributed by atoms with van der Waals surface area (Å²) in [7, 11) is 1.68. The molecule has 0 radical (unpaired) electrons. The van der Waals surface area contributed by atoms with E-state index in [-0.39, 0.29) is 0 Å². The van der Waals surface area contributed by atoms with Crippen LogP contribution in [-0.4, -0.2) is 18.1 Å². The molecule has 4 heteroatoms. The second kappa shape index (κ2) is 7.15. The van der Waals surface area contributed by atoms with E-state index in [1.54, 1.807) is 19.4 Å². The zero-order valence-electron chi connectivity index (χ0n) is 11.8. The molecule has 1 heterocycles. The number of nitrogens with zero attached hydrogens (tertiary/aromatic N) is 1. The molecule has 1 aromatic carbocycles. The Kier molecular flexibility index (Phi) is 5.24. The van der Waals surface area contributed by atoms with Gasteiger partial charge in [-0.15, -0.1) is 0 Å². The molecule has 0 spiro atoms. The summed E-state index contributed by atoms with van der Waals surface area (Å²) in [5, 5.41) is 3.93. The summed E-state index contributed by atoms with van der Waals surface area (Å²) in [4.78, 5) is 4.06. The van der Waals surface area contributed by atoms with E-state index in [9.17, 15) is 0 Å². The van der Waals surface area contributed by atoms with E-state index in [0.717, 1.165) is 24.3 Å². The van der Waals surface area contributed by atoms with Crippen molar-refractivity contribution in [2.24, 2.45) is 0 Å². The average Bonchev–Trinajstić information content (AvgIpc) is 2.48. The normalized spacial score (nSPS) is 11.9. The largest absolute Gasteiger partial charge is 0.497 e. The van der Waals surface area contributed by atoms with Crippen molar-refractivity contribution in [3.63, 3.8) is 0 Å². The van der Waals surface area contributed by atoms with Crippen molar-refractivity contribution >= 4 is 17.3 Å². The highest BCUT2D eigenvalue weighted by Crippen LogP contribution is 2.15. The number of halogens is 1. The van der Waals surface area contributed by atoms with Crippen molar-refractivity contribution in [2.75, 3.05) is 12.4 Å². The number of aryl methyl sites for hydroxylation is 1. The van der Waals surface area contributed by atoms with Gasteiger partial charge in [-0.1, -0.05) is 23.7 Å². The Morgan fingerprint density at radius 2 is 1.95 bits per heavy atom. The fraction of sp³-hybridized carbons (Fsp3) is 0.312. The third-order valence-electron chi connectivity index (χ3n) is 3.17. The number of rotatable bonds is 6. The first kappa shape index (κ1) is 14.7. The molecule has 20 heavy (non-hydrogen) atoms. The lowest BCUT2D eigenvalue weighted by Crippen LogP contribution is -2.16. The zero-order chi connectivity index (χ0) is 14.4. The molecule has 0 saturated carbocycles. The molecular formula is C16H19ClN2O. The van der Waals surface area contributed by atoms with Crippen molar-refractivity contribution in [1.82, 2.24) is 4.98 Å². The number of methoxy groups -OCH3 is 1. The molecule has 3 nitrogen and oxygen atoms in total. The van der Waals surface area contributed by atoms with E-state index >= 15 is 0 Å². The molecule has 0 fully saturated rings. The maximum absolute atomic E-state index is 5.77. The zero-order valence-corrected chi connectivity index (χ0v) is 12.5. The van der Waals surface area contributed by atoms with E-state index in [1.807, 2.05) is 18.2 Å². The van der Waals surface area contributed by atoms with Crippen molar-refractivity contribution in [1.29, 1.82) is 0 Å². The number of aromatic nitrogens is 1. The molecule has 0 bridgehead atoms. The molecule has 106 valence electrons. The SMILES string of the molecule is COc1ccc(CCC(C)Nc2ccc(Cl)nc2)cc1. The fourth-order valence-corrected chi connectivity index (χ4v) is 2.11. The molecule has 0 aliphatic rings. The molecule has 0 aliphatic carbocycles. The smallest absolute Gasteiger partial charge is 0.129 e. The van der Waals surface area contributed by atoms with E-state index in [1.165, 1.54) is 5.56 Å². The maximum atomic E-state index is 5.77. The second-order valence-electron chi connectivity index (χ2n) is 4.80. The van der Waals surface area contributed by atoms with Gasteiger partial charge in [-0.05, 0) is 49.6 Å². The number of hydrogen-bond acceptors (Lipinski definition) is 3. The minimum absolute atomic E-state index is 0.375. The minimum atomic E-state index is 0.375. The van der Waals surface area contributed by atoms with E-state index < -0.39 is 0 Å². The van der Waals surface area contributed by atoms with Crippen LogP contribution in [0.5, 0.6) is 5.75 Å². The van der Waals surface area contributed by atoms with Gasteiger partial charge >= 0.3 is 0 Å². The van der Waals surface area contributed by atoms with Crippen molar-refractivity contribution in [2.45, 2.75) is 25.8 Å². The molecule has 1 atom stereocenters. The molecule has 0 saturated heterocycles. The van der Waals surface area contributed by atoms with Gasteiger partial charge in [0.1, 0.15) is 10.9 Å².